The molecule has 2 rings (SSSR count). The molecule has 0 aliphatic carbocycles. The van der Waals surface area contributed by atoms with Crippen LogP contribution in [0.2, 0.25) is 0 Å². The van der Waals surface area contributed by atoms with Crippen molar-refractivity contribution in [3.05, 3.63) is 22.4 Å². The lowest BCUT2D eigenvalue weighted by atomic mass is 10.1. The standard InChI is InChI=1S/C12H16BrN5/c1-7(2)10-9(13)12(14-3)17-11(16-10)8-5-6-15-18(8)4/h5-7H,1-4H3,(H,14,16,17). The zero-order valence-corrected chi connectivity index (χ0v) is 12.5. The molecule has 96 valence electrons. The lowest BCUT2D eigenvalue weighted by Crippen LogP contribution is -2.06. The molecule has 2 aromatic rings. The summed E-state index contributed by atoms with van der Waals surface area (Å²) in [6.07, 6.45) is 1.74. The highest BCUT2D eigenvalue weighted by molar-refractivity contribution is 9.10. The average molecular weight is 310 g/mol. The van der Waals surface area contributed by atoms with Crippen LogP contribution in [0.15, 0.2) is 16.7 Å². The molecule has 0 spiro atoms. The van der Waals surface area contributed by atoms with Gasteiger partial charge in [-0.2, -0.15) is 5.10 Å². The molecule has 0 fully saturated rings. The van der Waals surface area contributed by atoms with Crippen molar-refractivity contribution >= 4 is 21.7 Å². The van der Waals surface area contributed by atoms with Gasteiger partial charge in [0.2, 0.25) is 0 Å². The van der Waals surface area contributed by atoms with Gasteiger partial charge in [-0.25, -0.2) is 9.97 Å². The van der Waals surface area contributed by atoms with E-state index in [0.29, 0.717) is 11.7 Å². The van der Waals surface area contributed by atoms with E-state index < -0.39 is 0 Å². The van der Waals surface area contributed by atoms with E-state index in [0.717, 1.165) is 21.7 Å². The second-order valence-corrected chi connectivity index (χ2v) is 5.13. The molecule has 0 bridgehead atoms. The SMILES string of the molecule is CNc1nc(-c2ccnn2C)nc(C(C)C)c1Br. The van der Waals surface area contributed by atoms with Gasteiger partial charge in [0.15, 0.2) is 5.82 Å². The number of hydrogen-bond donors (Lipinski definition) is 1. The van der Waals surface area contributed by atoms with E-state index in [1.54, 1.807) is 10.9 Å². The number of nitrogens with zero attached hydrogens (tertiary/aromatic N) is 4. The van der Waals surface area contributed by atoms with Crippen molar-refractivity contribution in [2.45, 2.75) is 19.8 Å². The number of aromatic nitrogens is 4. The normalized spacial score (nSPS) is 11.0. The fourth-order valence-corrected chi connectivity index (χ4v) is 2.55. The van der Waals surface area contributed by atoms with E-state index in [-0.39, 0.29) is 0 Å². The molecule has 0 radical (unpaired) electrons. The highest BCUT2D eigenvalue weighted by Crippen LogP contribution is 2.30. The molecule has 2 aromatic heterocycles. The number of hydrogen-bond acceptors (Lipinski definition) is 4. The van der Waals surface area contributed by atoms with Gasteiger partial charge in [-0.15, -0.1) is 0 Å². The Balaban J connectivity index is 2.63. The first kappa shape index (κ1) is 13.0. The van der Waals surface area contributed by atoms with Crippen LogP contribution in [0.1, 0.15) is 25.5 Å². The van der Waals surface area contributed by atoms with Crippen molar-refractivity contribution in [3.8, 4) is 11.5 Å². The van der Waals surface area contributed by atoms with Crippen LogP contribution in [-0.4, -0.2) is 26.8 Å². The minimum absolute atomic E-state index is 0.321. The van der Waals surface area contributed by atoms with Crippen LogP contribution in [0.4, 0.5) is 5.82 Å². The van der Waals surface area contributed by atoms with Crippen LogP contribution in [0.5, 0.6) is 0 Å². The van der Waals surface area contributed by atoms with Gasteiger partial charge in [0.25, 0.3) is 0 Å². The third-order valence-electron chi connectivity index (χ3n) is 2.71. The van der Waals surface area contributed by atoms with Gasteiger partial charge in [-0.1, -0.05) is 13.8 Å². The first-order valence-electron chi connectivity index (χ1n) is 5.78. The van der Waals surface area contributed by atoms with Gasteiger partial charge in [0.05, 0.1) is 10.2 Å². The zero-order valence-electron chi connectivity index (χ0n) is 10.9. The van der Waals surface area contributed by atoms with Crippen molar-refractivity contribution in [3.63, 3.8) is 0 Å². The molecular formula is C12H16BrN5. The highest BCUT2D eigenvalue weighted by Gasteiger charge is 2.16. The lowest BCUT2D eigenvalue weighted by molar-refractivity contribution is 0.762. The predicted octanol–water partition coefficient (Wildman–Crippen LogP) is 2.80. The summed E-state index contributed by atoms with van der Waals surface area (Å²) in [6, 6.07) is 1.91. The van der Waals surface area contributed by atoms with Crippen molar-refractivity contribution in [1.29, 1.82) is 0 Å². The number of halogens is 1. The molecule has 0 aliphatic rings. The Hall–Kier alpha value is -1.43. The van der Waals surface area contributed by atoms with Crippen molar-refractivity contribution in [2.75, 3.05) is 12.4 Å². The molecule has 2 heterocycles. The van der Waals surface area contributed by atoms with Gasteiger partial charge < -0.3 is 5.32 Å². The van der Waals surface area contributed by atoms with Crippen LogP contribution in [-0.2, 0) is 7.05 Å². The predicted molar refractivity (Wildman–Crippen MR) is 75.6 cm³/mol. The Bertz CT molecular complexity index is 562. The van der Waals surface area contributed by atoms with E-state index in [9.17, 15) is 0 Å². The van der Waals surface area contributed by atoms with Crippen LogP contribution >= 0.6 is 15.9 Å². The molecule has 0 unspecified atom stereocenters. The number of anilines is 1. The molecule has 1 N–H and O–H groups in total. The van der Waals surface area contributed by atoms with Gasteiger partial charge >= 0.3 is 0 Å². The molecule has 0 amide bonds. The molecule has 0 atom stereocenters. The summed E-state index contributed by atoms with van der Waals surface area (Å²) < 4.78 is 2.69. The van der Waals surface area contributed by atoms with Crippen LogP contribution < -0.4 is 5.32 Å². The van der Waals surface area contributed by atoms with E-state index in [2.05, 4.69) is 50.2 Å². The fourth-order valence-electron chi connectivity index (χ4n) is 1.72. The Morgan fingerprint density at radius 1 is 1.33 bits per heavy atom. The third kappa shape index (κ3) is 2.25. The summed E-state index contributed by atoms with van der Waals surface area (Å²) in [6.45, 7) is 4.22. The quantitative estimate of drug-likeness (QED) is 0.947. The van der Waals surface area contributed by atoms with E-state index >= 15 is 0 Å². The molecule has 0 aliphatic heterocycles. The van der Waals surface area contributed by atoms with Gasteiger partial charge in [-0.05, 0) is 27.9 Å². The third-order valence-corrected chi connectivity index (χ3v) is 3.49. The van der Waals surface area contributed by atoms with Crippen molar-refractivity contribution in [2.24, 2.45) is 7.05 Å². The smallest absolute Gasteiger partial charge is 0.180 e. The largest absolute Gasteiger partial charge is 0.372 e. The summed E-state index contributed by atoms with van der Waals surface area (Å²) in [5, 5.41) is 7.23. The monoisotopic (exact) mass is 309 g/mol. The maximum Gasteiger partial charge on any atom is 0.180 e. The second kappa shape index (κ2) is 5.06. The zero-order chi connectivity index (χ0) is 13.3. The topological polar surface area (TPSA) is 55.6 Å². The molecule has 0 aromatic carbocycles. The molecule has 6 heteroatoms. The number of aryl methyl sites for hydroxylation is 1. The molecule has 0 saturated carbocycles. The molecule has 5 nitrogen and oxygen atoms in total. The fraction of sp³-hybridized carbons (Fsp3) is 0.417. The van der Waals surface area contributed by atoms with Gasteiger partial charge in [-0.3, -0.25) is 4.68 Å². The maximum atomic E-state index is 4.62. The van der Waals surface area contributed by atoms with Crippen LogP contribution in [0.25, 0.3) is 11.5 Å². The van der Waals surface area contributed by atoms with Gasteiger partial charge in [0, 0.05) is 20.3 Å². The average Bonchev–Trinajstić information content (AvgIpc) is 2.75. The van der Waals surface area contributed by atoms with E-state index in [1.807, 2.05) is 20.2 Å². The lowest BCUT2D eigenvalue weighted by Gasteiger charge is -2.13. The molecular weight excluding hydrogens is 294 g/mol. The maximum absolute atomic E-state index is 4.62. The summed E-state index contributed by atoms with van der Waals surface area (Å²) in [7, 11) is 3.74. The Morgan fingerprint density at radius 2 is 2.06 bits per heavy atom. The van der Waals surface area contributed by atoms with Crippen molar-refractivity contribution in [1.82, 2.24) is 19.7 Å². The number of rotatable bonds is 3. The van der Waals surface area contributed by atoms with Crippen molar-refractivity contribution < 1.29 is 0 Å². The van der Waals surface area contributed by atoms with E-state index in [1.165, 1.54) is 0 Å². The van der Waals surface area contributed by atoms with Gasteiger partial charge in [0.1, 0.15) is 11.5 Å². The Morgan fingerprint density at radius 3 is 2.56 bits per heavy atom. The minimum Gasteiger partial charge on any atom is -0.372 e. The first-order valence-corrected chi connectivity index (χ1v) is 6.57. The summed E-state index contributed by atoms with van der Waals surface area (Å²) in [4.78, 5) is 9.13. The molecule has 0 saturated heterocycles. The minimum atomic E-state index is 0.321. The Labute approximate surface area is 115 Å². The summed E-state index contributed by atoms with van der Waals surface area (Å²) >= 11 is 3.55. The highest BCUT2D eigenvalue weighted by atomic mass is 79.9. The first-order chi connectivity index (χ1) is 8.54. The second-order valence-electron chi connectivity index (χ2n) is 4.34. The van der Waals surface area contributed by atoms with Crippen LogP contribution in [0, 0.1) is 0 Å². The number of nitrogens with one attached hydrogen (secondary N) is 1. The van der Waals surface area contributed by atoms with Crippen LogP contribution in [0.3, 0.4) is 0 Å². The Kier molecular flexibility index (Phi) is 3.65. The summed E-state index contributed by atoms with van der Waals surface area (Å²) in [5.74, 6) is 1.80. The summed E-state index contributed by atoms with van der Waals surface area (Å²) in [5.41, 5.74) is 1.89. The van der Waals surface area contributed by atoms with E-state index in [4.69, 9.17) is 0 Å². The molecule has 18 heavy (non-hydrogen) atoms.